The van der Waals surface area contributed by atoms with E-state index in [0.29, 0.717) is 26.0 Å². The van der Waals surface area contributed by atoms with Gasteiger partial charge < -0.3 is 25.2 Å². The first kappa shape index (κ1) is 14.1. The van der Waals surface area contributed by atoms with E-state index in [-0.39, 0.29) is 24.3 Å². The molecule has 2 rings (SSSR count). The van der Waals surface area contributed by atoms with Gasteiger partial charge in [-0.15, -0.1) is 0 Å². The minimum absolute atomic E-state index is 0.0323. The third-order valence-electron chi connectivity index (χ3n) is 3.57. The monoisotopic (exact) mass is 272 g/mol. The zero-order valence-corrected chi connectivity index (χ0v) is 10.9. The average Bonchev–Trinajstić information content (AvgIpc) is 2.97. The third-order valence-corrected chi connectivity index (χ3v) is 3.57. The van der Waals surface area contributed by atoms with Gasteiger partial charge in [-0.25, -0.2) is 9.59 Å². The van der Waals surface area contributed by atoms with Gasteiger partial charge in [0.1, 0.15) is 0 Å². The van der Waals surface area contributed by atoms with Gasteiger partial charge >= 0.3 is 12.0 Å². The lowest BCUT2D eigenvalue weighted by atomic mass is 10.1. The van der Waals surface area contributed by atoms with Crippen molar-refractivity contribution in [3.63, 3.8) is 0 Å². The Morgan fingerprint density at radius 1 is 1.32 bits per heavy atom. The highest BCUT2D eigenvalue weighted by molar-refractivity contribution is 5.74. The van der Waals surface area contributed by atoms with Gasteiger partial charge in [0.15, 0.2) is 6.10 Å². The minimum atomic E-state index is -0.941. The Hall–Kier alpha value is -1.34. The zero-order valence-electron chi connectivity index (χ0n) is 10.9. The molecule has 4 unspecified atom stereocenters. The molecule has 19 heavy (non-hydrogen) atoms. The van der Waals surface area contributed by atoms with Crippen LogP contribution in [0.2, 0.25) is 0 Å². The summed E-state index contributed by atoms with van der Waals surface area (Å²) in [6.07, 6.45) is 1.04. The Balaban J connectivity index is 1.65. The van der Waals surface area contributed by atoms with Crippen LogP contribution in [-0.2, 0) is 14.3 Å². The minimum Gasteiger partial charge on any atom is -0.479 e. The SMILES string of the molecule is CC1OCCC1NC(=O)NCC1CCC(C(=O)O)O1. The van der Waals surface area contributed by atoms with Crippen LogP contribution in [0.4, 0.5) is 4.79 Å². The molecule has 2 aliphatic heterocycles. The number of carbonyl (C=O) groups excluding carboxylic acids is 1. The average molecular weight is 272 g/mol. The highest BCUT2D eigenvalue weighted by atomic mass is 16.5. The van der Waals surface area contributed by atoms with Crippen molar-refractivity contribution in [2.45, 2.75) is 50.5 Å². The van der Waals surface area contributed by atoms with E-state index in [0.717, 1.165) is 6.42 Å². The second-order valence-electron chi connectivity index (χ2n) is 4.99. The van der Waals surface area contributed by atoms with E-state index >= 15 is 0 Å². The van der Waals surface area contributed by atoms with Crippen LogP contribution < -0.4 is 10.6 Å². The maximum Gasteiger partial charge on any atom is 0.332 e. The van der Waals surface area contributed by atoms with Gasteiger partial charge in [-0.2, -0.15) is 0 Å². The van der Waals surface area contributed by atoms with Gasteiger partial charge in [-0.3, -0.25) is 0 Å². The fraction of sp³-hybridized carbons (Fsp3) is 0.833. The summed E-state index contributed by atoms with van der Waals surface area (Å²) in [7, 11) is 0. The van der Waals surface area contributed by atoms with Gasteiger partial charge in [-0.1, -0.05) is 0 Å². The van der Waals surface area contributed by atoms with E-state index in [1.54, 1.807) is 0 Å². The van der Waals surface area contributed by atoms with Crippen molar-refractivity contribution in [3.8, 4) is 0 Å². The van der Waals surface area contributed by atoms with E-state index in [9.17, 15) is 9.59 Å². The molecule has 7 heteroatoms. The lowest BCUT2D eigenvalue weighted by molar-refractivity contribution is -0.149. The topological polar surface area (TPSA) is 96.9 Å². The molecule has 0 bridgehead atoms. The van der Waals surface area contributed by atoms with Crippen LogP contribution in [0.25, 0.3) is 0 Å². The Labute approximate surface area is 111 Å². The lowest BCUT2D eigenvalue weighted by Crippen LogP contribution is -2.46. The van der Waals surface area contributed by atoms with Gasteiger partial charge in [0.05, 0.1) is 18.2 Å². The first-order chi connectivity index (χ1) is 9.06. The number of aliphatic carboxylic acids is 1. The number of urea groups is 1. The normalized spacial score (nSPS) is 34.2. The van der Waals surface area contributed by atoms with E-state index in [2.05, 4.69) is 10.6 Å². The summed E-state index contributed by atoms with van der Waals surface area (Å²) in [6.45, 7) is 2.92. The molecule has 0 radical (unpaired) electrons. The molecule has 2 fully saturated rings. The summed E-state index contributed by atoms with van der Waals surface area (Å²) >= 11 is 0. The van der Waals surface area contributed by atoms with Gasteiger partial charge in [0.25, 0.3) is 0 Å². The highest BCUT2D eigenvalue weighted by Gasteiger charge is 2.31. The molecule has 3 N–H and O–H groups in total. The van der Waals surface area contributed by atoms with Crippen molar-refractivity contribution in [2.75, 3.05) is 13.2 Å². The number of rotatable bonds is 4. The Kier molecular flexibility index (Phi) is 4.60. The number of ether oxygens (including phenoxy) is 2. The highest BCUT2D eigenvalue weighted by Crippen LogP contribution is 2.19. The van der Waals surface area contributed by atoms with Crippen LogP contribution in [-0.4, -0.2) is 54.6 Å². The van der Waals surface area contributed by atoms with Crippen LogP contribution in [0.1, 0.15) is 26.2 Å². The van der Waals surface area contributed by atoms with Crippen molar-refractivity contribution >= 4 is 12.0 Å². The van der Waals surface area contributed by atoms with Crippen molar-refractivity contribution in [1.82, 2.24) is 10.6 Å². The fourth-order valence-electron chi connectivity index (χ4n) is 2.38. The molecule has 0 aromatic rings. The molecule has 2 heterocycles. The molecule has 0 aromatic carbocycles. The molecule has 0 aliphatic carbocycles. The summed E-state index contributed by atoms with van der Waals surface area (Å²) in [4.78, 5) is 22.4. The molecule has 0 saturated carbocycles. The number of nitrogens with one attached hydrogen (secondary N) is 2. The maximum absolute atomic E-state index is 11.7. The molecule has 2 amide bonds. The Morgan fingerprint density at radius 2 is 2.11 bits per heavy atom. The number of amides is 2. The summed E-state index contributed by atoms with van der Waals surface area (Å²) < 4.78 is 10.6. The molecule has 2 aliphatic rings. The van der Waals surface area contributed by atoms with Crippen molar-refractivity contribution in [1.29, 1.82) is 0 Å². The number of carboxylic acids is 1. The second-order valence-corrected chi connectivity index (χ2v) is 4.99. The predicted octanol–water partition coefficient (Wildman–Crippen LogP) is 0.0952. The van der Waals surface area contributed by atoms with E-state index in [4.69, 9.17) is 14.6 Å². The number of carboxylic acid groups (broad SMARTS) is 1. The smallest absolute Gasteiger partial charge is 0.332 e. The fourth-order valence-corrected chi connectivity index (χ4v) is 2.38. The van der Waals surface area contributed by atoms with Gasteiger partial charge in [0, 0.05) is 13.2 Å². The maximum atomic E-state index is 11.7. The van der Waals surface area contributed by atoms with E-state index in [1.165, 1.54) is 0 Å². The summed E-state index contributed by atoms with van der Waals surface area (Å²) in [5.74, 6) is -0.941. The van der Waals surface area contributed by atoms with Crippen molar-refractivity contribution < 1.29 is 24.2 Å². The van der Waals surface area contributed by atoms with Crippen LogP contribution in [0, 0.1) is 0 Å². The van der Waals surface area contributed by atoms with Crippen LogP contribution in [0.3, 0.4) is 0 Å². The molecule has 4 atom stereocenters. The van der Waals surface area contributed by atoms with Gasteiger partial charge in [0.2, 0.25) is 0 Å². The van der Waals surface area contributed by atoms with Crippen LogP contribution in [0.15, 0.2) is 0 Å². The number of hydrogen-bond donors (Lipinski definition) is 3. The molecule has 2 saturated heterocycles. The van der Waals surface area contributed by atoms with E-state index in [1.807, 2.05) is 6.92 Å². The van der Waals surface area contributed by atoms with Gasteiger partial charge in [-0.05, 0) is 26.2 Å². The number of carbonyl (C=O) groups is 2. The standard InChI is InChI=1S/C12H20N2O5/c1-7-9(4-5-18-7)14-12(17)13-6-8-2-3-10(19-8)11(15)16/h7-10H,2-6H2,1H3,(H,15,16)(H2,13,14,17). The first-order valence-electron chi connectivity index (χ1n) is 6.60. The quantitative estimate of drug-likeness (QED) is 0.674. The first-order valence-corrected chi connectivity index (χ1v) is 6.60. The van der Waals surface area contributed by atoms with Crippen LogP contribution in [0.5, 0.6) is 0 Å². The van der Waals surface area contributed by atoms with E-state index < -0.39 is 12.1 Å². The summed E-state index contributed by atoms with van der Waals surface area (Å²) in [5, 5.41) is 14.3. The third kappa shape index (κ3) is 3.81. The van der Waals surface area contributed by atoms with Crippen molar-refractivity contribution in [3.05, 3.63) is 0 Å². The summed E-state index contributed by atoms with van der Waals surface area (Å²) in [6, 6.07) is -0.221. The molecular formula is C12H20N2O5. The summed E-state index contributed by atoms with van der Waals surface area (Å²) in [5.41, 5.74) is 0. The molecule has 0 spiro atoms. The molecule has 7 nitrogen and oxygen atoms in total. The Morgan fingerprint density at radius 3 is 2.68 bits per heavy atom. The predicted molar refractivity (Wildman–Crippen MR) is 65.9 cm³/mol. The largest absolute Gasteiger partial charge is 0.479 e. The number of hydrogen-bond acceptors (Lipinski definition) is 4. The van der Waals surface area contributed by atoms with Crippen molar-refractivity contribution in [2.24, 2.45) is 0 Å². The van der Waals surface area contributed by atoms with Crippen LogP contribution >= 0.6 is 0 Å². The second kappa shape index (κ2) is 6.21. The molecular weight excluding hydrogens is 252 g/mol. The Bertz CT molecular complexity index is 349. The zero-order chi connectivity index (χ0) is 13.8. The molecule has 0 aromatic heterocycles. The lowest BCUT2D eigenvalue weighted by Gasteiger charge is -2.18. The molecule has 108 valence electrons.